The van der Waals surface area contributed by atoms with E-state index in [9.17, 15) is 13.2 Å². The number of nitrogens with zero attached hydrogens (tertiary/aromatic N) is 1. The molecule has 0 heterocycles. The van der Waals surface area contributed by atoms with E-state index >= 15 is 0 Å². The van der Waals surface area contributed by atoms with Crippen molar-refractivity contribution in [2.45, 2.75) is 12.6 Å². The van der Waals surface area contributed by atoms with E-state index in [1.807, 2.05) is 18.2 Å². The second-order valence-electron chi connectivity index (χ2n) is 5.47. The highest BCUT2D eigenvalue weighted by Crippen LogP contribution is 2.29. The number of guanidine groups is 1. The fourth-order valence-corrected chi connectivity index (χ4v) is 2.24. The van der Waals surface area contributed by atoms with Gasteiger partial charge in [0.15, 0.2) is 5.96 Å². The Balaban J connectivity index is 0.00000364. The molecule has 27 heavy (non-hydrogen) atoms. The number of hydrogen-bond acceptors (Lipinski definition) is 1. The van der Waals surface area contributed by atoms with Gasteiger partial charge >= 0.3 is 6.18 Å². The second kappa shape index (κ2) is 11.5. The summed E-state index contributed by atoms with van der Waals surface area (Å²) in [5, 5.41) is 6.18. The number of halogens is 4. The summed E-state index contributed by atoms with van der Waals surface area (Å²) in [4.78, 5) is 4.09. The fourth-order valence-electron chi connectivity index (χ4n) is 2.24. The number of rotatable bonds is 4. The minimum absolute atomic E-state index is 0. The maximum Gasteiger partial charge on any atom is 0.416 e. The third-order valence-corrected chi connectivity index (χ3v) is 3.54. The van der Waals surface area contributed by atoms with Crippen LogP contribution in [0.2, 0.25) is 0 Å². The zero-order valence-corrected chi connectivity index (χ0v) is 17.1. The van der Waals surface area contributed by atoms with Gasteiger partial charge in [0.25, 0.3) is 0 Å². The van der Waals surface area contributed by atoms with Crippen LogP contribution in [0.1, 0.15) is 16.7 Å². The van der Waals surface area contributed by atoms with Crippen molar-refractivity contribution in [1.82, 2.24) is 10.6 Å². The molecule has 0 spiro atoms. The first-order valence-electron chi connectivity index (χ1n) is 8.13. The maximum absolute atomic E-state index is 12.7. The maximum atomic E-state index is 12.7. The van der Waals surface area contributed by atoms with Crippen LogP contribution in [-0.2, 0) is 12.6 Å². The number of benzene rings is 2. The highest BCUT2D eigenvalue weighted by atomic mass is 127. The Labute approximate surface area is 174 Å². The van der Waals surface area contributed by atoms with Crippen molar-refractivity contribution < 1.29 is 13.2 Å². The average Bonchev–Trinajstić information content (AvgIpc) is 2.64. The standard InChI is InChI=1S/C20H20F3N3.HI/c1-24-19(26-14-12-16-7-3-2-4-8-16)25-13-6-10-17-9-5-11-18(15-17)20(21,22)23;/h2-5,7-9,11,15H,12-14H2,1H3,(H2,24,25,26);1H. The van der Waals surface area contributed by atoms with Gasteiger partial charge < -0.3 is 10.6 Å². The number of nitrogens with one attached hydrogen (secondary N) is 2. The Morgan fingerprint density at radius 1 is 1.04 bits per heavy atom. The predicted molar refractivity (Wildman–Crippen MR) is 113 cm³/mol. The van der Waals surface area contributed by atoms with Gasteiger partial charge in [-0.15, -0.1) is 24.0 Å². The molecule has 0 aromatic heterocycles. The second-order valence-corrected chi connectivity index (χ2v) is 5.47. The molecule has 0 aliphatic carbocycles. The topological polar surface area (TPSA) is 36.4 Å². The summed E-state index contributed by atoms with van der Waals surface area (Å²) in [5.74, 6) is 6.12. The first-order valence-corrected chi connectivity index (χ1v) is 8.13. The normalized spacial score (nSPS) is 11.0. The summed E-state index contributed by atoms with van der Waals surface area (Å²) in [6.07, 6.45) is -3.50. The summed E-state index contributed by atoms with van der Waals surface area (Å²) >= 11 is 0. The molecule has 2 aromatic carbocycles. The molecule has 0 bridgehead atoms. The molecule has 144 valence electrons. The third-order valence-electron chi connectivity index (χ3n) is 3.54. The summed E-state index contributed by atoms with van der Waals surface area (Å²) in [7, 11) is 1.65. The van der Waals surface area contributed by atoms with Crippen LogP contribution >= 0.6 is 24.0 Å². The van der Waals surface area contributed by atoms with E-state index < -0.39 is 11.7 Å². The zero-order valence-electron chi connectivity index (χ0n) is 14.8. The lowest BCUT2D eigenvalue weighted by Crippen LogP contribution is -2.38. The van der Waals surface area contributed by atoms with Crippen LogP contribution in [0.3, 0.4) is 0 Å². The quantitative estimate of drug-likeness (QED) is 0.295. The molecule has 0 aliphatic heterocycles. The number of alkyl halides is 3. The lowest BCUT2D eigenvalue weighted by Gasteiger charge is -2.09. The molecule has 0 amide bonds. The van der Waals surface area contributed by atoms with Crippen molar-refractivity contribution in [3.8, 4) is 11.8 Å². The molecule has 7 heteroatoms. The predicted octanol–water partition coefficient (Wildman–Crippen LogP) is 4.08. The molecular weight excluding hydrogens is 466 g/mol. The van der Waals surface area contributed by atoms with E-state index in [0.717, 1.165) is 18.6 Å². The summed E-state index contributed by atoms with van der Waals surface area (Å²) in [6, 6.07) is 15.0. The summed E-state index contributed by atoms with van der Waals surface area (Å²) in [6.45, 7) is 0.992. The van der Waals surface area contributed by atoms with Crippen LogP contribution in [0.5, 0.6) is 0 Å². The first-order chi connectivity index (χ1) is 12.5. The van der Waals surface area contributed by atoms with Gasteiger partial charge in [0.05, 0.1) is 12.1 Å². The van der Waals surface area contributed by atoms with E-state index in [1.54, 1.807) is 13.1 Å². The van der Waals surface area contributed by atoms with Gasteiger partial charge in [-0.2, -0.15) is 13.2 Å². The van der Waals surface area contributed by atoms with Crippen molar-refractivity contribution in [2.24, 2.45) is 4.99 Å². The van der Waals surface area contributed by atoms with Gasteiger partial charge in [0, 0.05) is 19.2 Å². The van der Waals surface area contributed by atoms with Crippen molar-refractivity contribution in [1.29, 1.82) is 0 Å². The molecule has 0 radical (unpaired) electrons. The van der Waals surface area contributed by atoms with E-state index in [0.29, 0.717) is 18.1 Å². The molecule has 0 saturated heterocycles. The largest absolute Gasteiger partial charge is 0.416 e. The number of aliphatic imine (C=N–C) groups is 1. The van der Waals surface area contributed by atoms with E-state index in [-0.39, 0.29) is 30.5 Å². The summed E-state index contributed by atoms with van der Waals surface area (Å²) < 4.78 is 38.0. The van der Waals surface area contributed by atoms with Gasteiger partial charge in [0.2, 0.25) is 0 Å². The SMILES string of the molecule is CN=C(NCC#Cc1cccc(C(F)(F)F)c1)NCCc1ccccc1.I. The van der Waals surface area contributed by atoms with E-state index in [1.165, 1.54) is 11.6 Å². The van der Waals surface area contributed by atoms with Crippen LogP contribution in [0, 0.1) is 11.8 Å². The lowest BCUT2D eigenvalue weighted by atomic mass is 10.1. The Kier molecular flexibility index (Phi) is 9.72. The monoisotopic (exact) mass is 487 g/mol. The molecule has 2 aromatic rings. The van der Waals surface area contributed by atoms with Gasteiger partial charge in [-0.1, -0.05) is 48.2 Å². The molecule has 0 unspecified atom stereocenters. The highest BCUT2D eigenvalue weighted by molar-refractivity contribution is 14.0. The smallest absolute Gasteiger partial charge is 0.356 e. The Hall–Kier alpha value is -2.21. The van der Waals surface area contributed by atoms with Crippen molar-refractivity contribution in [2.75, 3.05) is 20.1 Å². The van der Waals surface area contributed by atoms with E-state index in [4.69, 9.17) is 0 Å². The molecule has 0 aliphatic rings. The average molecular weight is 487 g/mol. The lowest BCUT2D eigenvalue weighted by molar-refractivity contribution is -0.137. The minimum atomic E-state index is -4.36. The van der Waals surface area contributed by atoms with Gasteiger partial charge in [-0.05, 0) is 30.2 Å². The van der Waals surface area contributed by atoms with Gasteiger partial charge in [-0.3, -0.25) is 4.99 Å². The van der Waals surface area contributed by atoms with Gasteiger partial charge in [0.1, 0.15) is 0 Å². The Morgan fingerprint density at radius 3 is 2.44 bits per heavy atom. The van der Waals surface area contributed by atoms with E-state index in [2.05, 4.69) is 39.6 Å². The van der Waals surface area contributed by atoms with Crippen LogP contribution in [0.25, 0.3) is 0 Å². The van der Waals surface area contributed by atoms with Crippen molar-refractivity contribution >= 4 is 29.9 Å². The highest BCUT2D eigenvalue weighted by Gasteiger charge is 2.30. The Morgan fingerprint density at radius 2 is 1.78 bits per heavy atom. The molecule has 2 N–H and O–H groups in total. The first kappa shape index (κ1) is 22.8. The molecule has 0 saturated carbocycles. The summed E-state index contributed by atoms with van der Waals surface area (Å²) in [5.41, 5.74) is 0.851. The molecule has 2 rings (SSSR count). The Bertz CT molecular complexity index is 793. The molecule has 0 atom stereocenters. The number of hydrogen-bond donors (Lipinski definition) is 2. The fraction of sp³-hybridized carbons (Fsp3) is 0.250. The van der Waals surface area contributed by atoms with Crippen LogP contribution < -0.4 is 10.6 Å². The van der Waals surface area contributed by atoms with Crippen LogP contribution in [0.4, 0.5) is 13.2 Å². The zero-order chi connectivity index (χ0) is 18.8. The van der Waals surface area contributed by atoms with Gasteiger partial charge in [-0.25, -0.2) is 0 Å². The molecule has 3 nitrogen and oxygen atoms in total. The van der Waals surface area contributed by atoms with Crippen molar-refractivity contribution in [3.63, 3.8) is 0 Å². The van der Waals surface area contributed by atoms with Crippen LogP contribution in [-0.4, -0.2) is 26.1 Å². The van der Waals surface area contributed by atoms with Crippen molar-refractivity contribution in [3.05, 3.63) is 71.3 Å². The molecular formula is C20H21F3IN3. The third kappa shape index (κ3) is 8.35. The minimum Gasteiger partial charge on any atom is -0.356 e. The molecule has 0 fully saturated rings. The van der Waals surface area contributed by atoms with Crippen LogP contribution in [0.15, 0.2) is 59.6 Å².